The number of hydrogen-bond acceptors (Lipinski definition) is 3. The summed E-state index contributed by atoms with van der Waals surface area (Å²) in [6.45, 7) is 8.76. The van der Waals surface area contributed by atoms with Crippen molar-refractivity contribution in [1.82, 2.24) is 9.80 Å². The molecule has 5 nitrogen and oxygen atoms in total. The summed E-state index contributed by atoms with van der Waals surface area (Å²) in [7, 11) is 0. The van der Waals surface area contributed by atoms with E-state index in [9.17, 15) is 14.7 Å². The van der Waals surface area contributed by atoms with Gasteiger partial charge in [-0.3, -0.25) is 9.59 Å². The standard InChI is InChI=1S/C18H32N2O3/c1-12(2)19(10-14(4)21)18(23)15-9-17(22)20(11-15)16-7-5-13(3)6-8-16/h12-16,21H,5-11H2,1-4H3. The average molecular weight is 324 g/mol. The Bertz CT molecular complexity index is 428. The van der Waals surface area contributed by atoms with E-state index >= 15 is 0 Å². The van der Waals surface area contributed by atoms with Gasteiger partial charge < -0.3 is 14.9 Å². The van der Waals surface area contributed by atoms with E-state index in [0.29, 0.717) is 25.6 Å². The van der Waals surface area contributed by atoms with E-state index in [1.54, 1.807) is 11.8 Å². The highest BCUT2D eigenvalue weighted by atomic mass is 16.3. The van der Waals surface area contributed by atoms with Gasteiger partial charge in [0.05, 0.1) is 12.0 Å². The van der Waals surface area contributed by atoms with E-state index in [1.807, 2.05) is 18.7 Å². The van der Waals surface area contributed by atoms with Crippen LogP contribution in [0.2, 0.25) is 0 Å². The molecule has 0 aromatic heterocycles. The maximum absolute atomic E-state index is 12.8. The van der Waals surface area contributed by atoms with Crippen molar-refractivity contribution in [2.24, 2.45) is 11.8 Å². The highest BCUT2D eigenvalue weighted by Gasteiger charge is 2.40. The van der Waals surface area contributed by atoms with Gasteiger partial charge in [-0.1, -0.05) is 6.92 Å². The number of amides is 2. The maximum Gasteiger partial charge on any atom is 0.228 e. The van der Waals surface area contributed by atoms with Crippen molar-refractivity contribution in [2.45, 2.75) is 78.0 Å². The third-order valence-electron chi connectivity index (χ3n) is 5.30. The molecule has 5 heteroatoms. The van der Waals surface area contributed by atoms with Crippen LogP contribution in [0.15, 0.2) is 0 Å². The van der Waals surface area contributed by atoms with Crippen molar-refractivity contribution < 1.29 is 14.7 Å². The molecule has 0 radical (unpaired) electrons. The van der Waals surface area contributed by atoms with Gasteiger partial charge in [0.25, 0.3) is 0 Å². The summed E-state index contributed by atoms with van der Waals surface area (Å²) >= 11 is 0. The fourth-order valence-electron chi connectivity index (χ4n) is 3.88. The van der Waals surface area contributed by atoms with Crippen LogP contribution in [0.3, 0.4) is 0 Å². The van der Waals surface area contributed by atoms with Crippen molar-refractivity contribution in [3.05, 3.63) is 0 Å². The molecule has 132 valence electrons. The molecule has 0 bridgehead atoms. The van der Waals surface area contributed by atoms with Crippen LogP contribution in [0.25, 0.3) is 0 Å². The molecule has 23 heavy (non-hydrogen) atoms. The second-order valence-corrected chi connectivity index (χ2v) is 7.79. The number of nitrogens with zero attached hydrogens (tertiary/aromatic N) is 2. The molecule has 0 aromatic carbocycles. The predicted molar refractivity (Wildman–Crippen MR) is 89.8 cm³/mol. The molecule has 1 aliphatic carbocycles. The van der Waals surface area contributed by atoms with E-state index in [-0.39, 0.29) is 23.8 Å². The van der Waals surface area contributed by atoms with Crippen LogP contribution in [0.1, 0.15) is 59.8 Å². The lowest BCUT2D eigenvalue weighted by Crippen LogP contribution is -2.45. The molecule has 0 aromatic rings. The molecular weight excluding hydrogens is 292 g/mol. The lowest BCUT2D eigenvalue weighted by molar-refractivity contribution is -0.138. The van der Waals surface area contributed by atoms with Crippen molar-refractivity contribution >= 4 is 11.8 Å². The molecule has 2 atom stereocenters. The van der Waals surface area contributed by atoms with E-state index in [2.05, 4.69) is 6.92 Å². The molecule has 1 aliphatic heterocycles. The molecule has 1 N–H and O–H groups in total. The number of carbonyl (C=O) groups is 2. The van der Waals surface area contributed by atoms with Crippen molar-refractivity contribution in [1.29, 1.82) is 0 Å². The summed E-state index contributed by atoms with van der Waals surface area (Å²) in [5.41, 5.74) is 0. The molecular formula is C18H32N2O3. The number of aliphatic hydroxyl groups excluding tert-OH is 1. The van der Waals surface area contributed by atoms with Gasteiger partial charge in [-0.25, -0.2) is 0 Å². The Labute approximate surface area is 140 Å². The third kappa shape index (κ3) is 4.46. The fourth-order valence-corrected chi connectivity index (χ4v) is 3.88. The van der Waals surface area contributed by atoms with Gasteiger partial charge in [0.15, 0.2) is 0 Å². The zero-order chi connectivity index (χ0) is 17.1. The molecule has 2 fully saturated rings. The highest BCUT2D eigenvalue weighted by molar-refractivity contribution is 5.89. The fraction of sp³-hybridized carbons (Fsp3) is 0.889. The lowest BCUT2D eigenvalue weighted by Gasteiger charge is -2.34. The Kier molecular flexibility index (Phi) is 6.06. The largest absolute Gasteiger partial charge is 0.392 e. The van der Waals surface area contributed by atoms with Crippen LogP contribution in [-0.4, -0.2) is 58.0 Å². The highest BCUT2D eigenvalue weighted by Crippen LogP contribution is 2.32. The molecule has 2 amide bonds. The van der Waals surface area contributed by atoms with E-state index in [0.717, 1.165) is 18.8 Å². The summed E-state index contributed by atoms with van der Waals surface area (Å²) in [6.07, 6.45) is 4.26. The number of aliphatic hydroxyl groups is 1. The third-order valence-corrected chi connectivity index (χ3v) is 5.30. The Morgan fingerprint density at radius 2 is 1.87 bits per heavy atom. The molecule has 0 spiro atoms. The first kappa shape index (κ1) is 18.2. The molecule has 1 heterocycles. The zero-order valence-electron chi connectivity index (χ0n) is 15.0. The summed E-state index contributed by atoms with van der Waals surface area (Å²) in [5, 5.41) is 9.62. The van der Waals surface area contributed by atoms with Crippen LogP contribution in [0.5, 0.6) is 0 Å². The summed E-state index contributed by atoms with van der Waals surface area (Å²) in [5.74, 6) is 0.649. The summed E-state index contributed by atoms with van der Waals surface area (Å²) in [4.78, 5) is 28.8. The number of likely N-dealkylation sites (tertiary alicyclic amines) is 1. The van der Waals surface area contributed by atoms with Crippen LogP contribution < -0.4 is 0 Å². The number of rotatable bonds is 5. The Morgan fingerprint density at radius 3 is 2.39 bits per heavy atom. The van der Waals surface area contributed by atoms with Crippen LogP contribution >= 0.6 is 0 Å². The number of hydrogen-bond donors (Lipinski definition) is 1. The number of carbonyl (C=O) groups excluding carboxylic acids is 2. The van der Waals surface area contributed by atoms with Crippen LogP contribution in [0, 0.1) is 11.8 Å². The minimum Gasteiger partial charge on any atom is -0.392 e. The molecule has 2 aliphatic rings. The first-order valence-corrected chi connectivity index (χ1v) is 9.07. The van der Waals surface area contributed by atoms with Gasteiger partial charge in [0.1, 0.15) is 0 Å². The van der Waals surface area contributed by atoms with Gasteiger partial charge >= 0.3 is 0 Å². The average Bonchev–Trinajstić information content (AvgIpc) is 2.86. The summed E-state index contributed by atoms with van der Waals surface area (Å²) < 4.78 is 0. The molecule has 2 rings (SSSR count). The smallest absolute Gasteiger partial charge is 0.228 e. The van der Waals surface area contributed by atoms with E-state index in [4.69, 9.17) is 0 Å². The topological polar surface area (TPSA) is 60.9 Å². The second-order valence-electron chi connectivity index (χ2n) is 7.79. The molecule has 2 unspecified atom stereocenters. The lowest BCUT2D eigenvalue weighted by atomic mass is 9.86. The zero-order valence-corrected chi connectivity index (χ0v) is 15.0. The van der Waals surface area contributed by atoms with Crippen LogP contribution in [-0.2, 0) is 9.59 Å². The SMILES string of the molecule is CC(O)CN(C(=O)C1CC(=O)N(C2CCC(C)CC2)C1)C(C)C. The summed E-state index contributed by atoms with van der Waals surface area (Å²) in [6, 6.07) is 0.359. The Morgan fingerprint density at radius 1 is 1.26 bits per heavy atom. The Balaban J connectivity index is 1.99. The monoisotopic (exact) mass is 324 g/mol. The van der Waals surface area contributed by atoms with Gasteiger partial charge in [0.2, 0.25) is 11.8 Å². The molecule has 1 saturated heterocycles. The first-order chi connectivity index (χ1) is 10.8. The minimum absolute atomic E-state index is 0.0147. The van der Waals surface area contributed by atoms with Crippen molar-refractivity contribution in [3.63, 3.8) is 0 Å². The van der Waals surface area contributed by atoms with Gasteiger partial charge in [-0.05, 0) is 52.4 Å². The quantitative estimate of drug-likeness (QED) is 0.842. The Hall–Kier alpha value is -1.10. The van der Waals surface area contributed by atoms with Gasteiger partial charge in [-0.15, -0.1) is 0 Å². The van der Waals surface area contributed by atoms with Gasteiger partial charge in [-0.2, -0.15) is 0 Å². The molecule has 1 saturated carbocycles. The maximum atomic E-state index is 12.8. The van der Waals surface area contributed by atoms with Crippen LogP contribution in [0.4, 0.5) is 0 Å². The van der Waals surface area contributed by atoms with E-state index in [1.165, 1.54) is 12.8 Å². The second kappa shape index (κ2) is 7.65. The first-order valence-electron chi connectivity index (χ1n) is 9.07. The van der Waals surface area contributed by atoms with Crippen molar-refractivity contribution in [2.75, 3.05) is 13.1 Å². The normalized spacial score (nSPS) is 29.9. The van der Waals surface area contributed by atoms with E-state index < -0.39 is 6.10 Å². The minimum atomic E-state index is -0.547. The predicted octanol–water partition coefficient (Wildman–Crippen LogP) is 2.03. The van der Waals surface area contributed by atoms with Crippen molar-refractivity contribution in [3.8, 4) is 0 Å². The van der Waals surface area contributed by atoms with Gasteiger partial charge in [0, 0.05) is 31.6 Å².